The van der Waals surface area contributed by atoms with Gasteiger partial charge in [0.1, 0.15) is 47.4 Å². The molecule has 17 heteroatoms. The Hall–Kier alpha value is -5.87. The van der Waals surface area contributed by atoms with E-state index in [9.17, 15) is 13.6 Å². The first-order valence-electron chi connectivity index (χ1n) is 23.6. The molecule has 1 amide bonds. The summed E-state index contributed by atoms with van der Waals surface area (Å²) in [7, 11) is 4.39. The number of carbonyl (C=O) groups excluding carboxylic acids is 1. The van der Waals surface area contributed by atoms with Crippen molar-refractivity contribution in [3.05, 3.63) is 107 Å². The average Bonchev–Trinajstić information content (AvgIpc) is 3.30. The number of rotatable bonds is 12. The number of allylic oxidation sites excluding steroid dienone is 1. The van der Waals surface area contributed by atoms with Crippen molar-refractivity contribution in [2.45, 2.75) is 58.3 Å². The second-order valence-corrected chi connectivity index (χ2v) is 20.3. The van der Waals surface area contributed by atoms with Crippen molar-refractivity contribution in [1.29, 1.82) is 0 Å². The Morgan fingerprint density at radius 2 is 1.17 bits per heavy atom. The van der Waals surface area contributed by atoms with Gasteiger partial charge < -0.3 is 41.0 Å². The van der Waals surface area contributed by atoms with Gasteiger partial charge in [-0.2, -0.15) is 0 Å². The van der Waals surface area contributed by atoms with Crippen molar-refractivity contribution < 1.29 is 23.0 Å². The van der Waals surface area contributed by atoms with Crippen LogP contribution in [0.25, 0.3) is 21.8 Å². The summed E-state index contributed by atoms with van der Waals surface area (Å²) in [4.78, 5) is 34.7. The minimum atomic E-state index is -0.497. The number of nitrogens with two attached hydrogens (primary N) is 1. The van der Waals surface area contributed by atoms with E-state index in [2.05, 4.69) is 59.8 Å². The summed E-state index contributed by atoms with van der Waals surface area (Å²) in [5, 5.41) is 10.7. The molecule has 0 radical (unpaired) electrons. The number of fused-ring (bicyclic) bond motifs is 2. The van der Waals surface area contributed by atoms with Crippen LogP contribution in [0.5, 0.6) is 11.5 Å². The van der Waals surface area contributed by atoms with Crippen molar-refractivity contribution in [1.82, 2.24) is 29.7 Å². The Morgan fingerprint density at radius 3 is 1.65 bits per heavy atom. The molecule has 2 saturated carbocycles. The van der Waals surface area contributed by atoms with Crippen LogP contribution < -0.4 is 31.2 Å². The fourth-order valence-corrected chi connectivity index (χ4v) is 10.8. The molecular weight excluding hydrogens is 922 g/mol. The van der Waals surface area contributed by atoms with Crippen LogP contribution in [-0.2, 0) is 4.79 Å². The molecule has 0 atom stereocenters. The highest BCUT2D eigenvalue weighted by atomic mass is 35.5. The third-order valence-electron chi connectivity index (χ3n) is 14.4. The minimum absolute atomic E-state index is 0.0105. The molecule has 2 aromatic heterocycles. The number of hydrogen-bond acceptors (Lipinski definition) is 12. The SMILES string of the molecule is C/C=C/C(=O)Nc1cc2c(Nc3ccc(F)c(Cl)c3)ncnc2cc1OCC1CC2(CCN(C)CC2)C1.CN1CCC2(CC1)CC(COc1cc3ncnc(Nc4ccc(F)c(Cl)c4)c3cc1N)C2. The molecule has 13 nitrogen and oxygen atoms in total. The van der Waals surface area contributed by atoms with Gasteiger partial charge in [-0.25, -0.2) is 28.7 Å². The number of carbonyl (C=O) groups is 1. The van der Waals surface area contributed by atoms with Crippen molar-refractivity contribution in [3.8, 4) is 11.5 Å². The topological polar surface area (TPSA) is 156 Å². The predicted molar refractivity (Wildman–Crippen MR) is 271 cm³/mol. The van der Waals surface area contributed by atoms with Gasteiger partial charge in [-0.1, -0.05) is 29.3 Å². The molecule has 4 aliphatic rings. The lowest BCUT2D eigenvalue weighted by molar-refractivity contribution is -0.111. The number of halogens is 4. The number of aromatic nitrogens is 4. The van der Waals surface area contributed by atoms with Crippen molar-refractivity contribution in [3.63, 3.8) is 0 Å². The largest absolute Gasteiger partial charge is 0.491 e. The summed E-state index contributed by atoms with van der Waals surface area (Å²) >= 11 is 11.8. The molecule has 4 aromatic carbocycles. The van der Waals surface area contributed by atoms with Gasteiger partial charge in [0.2, 0.25) is 5.91 Å². The fourth-order valence-electron chi connectivity index (χ4n) is 10.5. The second kappa shape index (κ2) is 20.6. The van der Waals surface area contributed by atoms with Gasteiger partial charge in [0.25, 0.3) is 0 Å². The molecular formula is C52H58Cl2F2N10O3. The standard InChI is InChI=1S/C28H31ClFN5O2.C24H27ClFN5O/c1-3-4-26(36)34-24-12-20-23(31-17-32-27(20)33-19-5-6-22(30)21(29)11-19)13-25(24)37-16-18-14-28(15-18)7-9-35(2)10-8-28;1-31-6-4-24(5-7-31)11-15(12-24)13-32-22-10-21-17(9-20(22)27)23(29-14-28-21)30-16-2-3-19(26)18(25)8-16/h3-6,11-13,17-18H,7-10,14-16H2,1-2H3,(H,34,36)(H,31,32,33);2-3,8-10,14-15H,4-7,11-13,27H2,1H3,(H,28,29,30)/b4-3+;. The van der Waals surface area contributed by atoms with Gasteiger partial charge in [-0.3, -0.25) is 4.79 Å². The molecule has 2 saturated heterocycles. The van der Waals surface area contributed by atoms with E-state index < -0.39 is 11.6 Å². The molecule has 10 rings (SSSR count). The van der Waals surface area contributed by atoms with Gasteiger partial charge >= 0.3 is 0 Å². The minimum Gasteiger partial charge on any atom is -0.491 e. The lowest BCUT2D eigenvalue weighted by atomic mass is 9.58. The van der Waals surface area contributed by atoms with Gasteiger partial charge in [-0.15, -0.1) is 0 Å². The van der Waals surface area contributed by atoms with Gasteiger partial charge in [0, 0.05) is 34.3 Å². The Morgan fingerprint density at radius 1 is 0.710 bits per heavy atom. The predicted octanol–water partition coefficient (Wildman–Crippen LogP) is 11.4. The zero-order valence-corrected chi connectivity index (χ0v) is 40.6. The summed E-state index contributed by atoms with van der Waals surface area (Å²) < 4.78 is 39.4. The molecule has 4 heterocycles. The summed E-state index contributed by atoms with van der Waals surface area (Å²) in [5.74, 6) is 2.16. The van der Waals surface area contributed by atoms with Crippen LogP contribution in [0, 0.1) is 34.3 Å². The lowest BCUT2D eigenvalue weighted by Crippen LogP contribution is -2.47. The average molecular weight is 980 g/mol. The first-order chi connectivity index (χ1) is 33.2. The van der Waals surface area contributed by atoms with Crippen LogP contribution in [0.4, 0.5) is 43.2 Å². The van der Waals surface area contributed by atoms with Crippen LogP contribution in [0.3, 0.4) is 0 Å². The Bertz CT molecular complexity index is 2860. The van der Waals surface area contributed by atoms with Crippen molar-refractivity contribution >= 4 is 85.3 Å². The van der Waals surface area contributed by atoms with Crippen LogP contribution in [0.15, 0.2) is 85.5 Å². The molecule has 4 fully saturated rings. The van der Waals surface area contributed by atoms with E-state index >= 15 is 0 Å². The van der Waals surface area contributed by atoms with E-state index in [-0.39, 0.29) is 16.0 Å². The van der Waals surface area contributed by atoms with E-state index in [1.807, 2.05) is 18.2 Å². The van der Waals surface area contributed by atoms with E-state index in [0.717, 1.165) is 10.9 Å². The third-order valence-corrected chi connectivity index (χ3v) is 15.0. The number of hydrogen-bond donors (Lipinski definition) is 4. The number of likely N-dealkylation sites (tertiary alicyclic amines) is 2. The highest BCUT2D eigenvalue weighted by Crippen LogP contribution is 2.54. The highest BCUT2D eigenvalue weighted by molar-refractivity contribution is 6.31. The molecule has 0 unspecified atom stereocenters. The normalized spacial score (nSPS) is 18.1. The number of ether oxygens (including phenoxy) is 2. The van der Waals surface area contributed by atoms with E-state index in [1.54, 1.807) is 31.2 Å². The molecule has 2 aliphatic carbocycles. The zero-order valence-electron chi connectivity index (χ0n) is 39.1. The number of piperidine rings is 2. The van der Waals surface area contributed by atoms with Crippen LogP contribution in [0.1, 0.15) is 58.3 Å². The summed E-state index contributed by atoms with van der Waals surface area (Å²) in [6.07, 6.45) is 16.0. The fraction of sp³-hybridized carbons (Fsp3) is 0.404. The van der Waals surface area contributed by atoms with E-state index in [4.69, 9.17) is 38.4 Å². The van der Waals surface area contributed by atoms with E-state index in [0.29, 0.717) is 92.7 Å². The number of nitrogen functional groups attached to an aromatic ring is 1. The van der Waals surface area contributed by atoms with Crippen LogP contribution in [-0.4, -0.2) is 89.1 Å². The summed E-state index contributed by atoms with van der Waals surface area (Å²) in [6, 6.07) is 16.1. The molecule has 0 bridgehead atoms. The third kappa shape index (κ3) is 11.3. The van der Waals surface area contributed by atoms with Crippen LogP contribution >= 0.6 is 23.2 Å². The maximum Gasteiger partial charge on any atom is 0.248 e. The maximum atomic E-state index is 13.6. The highest BCUT2D eigenvalue weighted by Gasteiger charge is 2.46. The molecule has 69 heavy (non-hydrogen) atoms. The Balaban J connectivity index is 0.000000174. The van der Waals surface area contributed by atoms with Crippen molar-refractivity contribution in [2.75, 3.05) is 75.2 Å². The summed E-state index contributed by atoms with van der Waals surface area (Å²) in [6.45, 7) is 7.80. The lowest BCUT2D eigenvalue weighted by Gasteiger charge is -2.51. The Kier molecular flexibility index (Phi) is 14.4. The molecule has 5 N–H and O–H groups in total. The van der Waals surface area contributed by atoms with Gasteiger partial charge in [0.15, 0.2) is 0 Å². The number of benzene rings is 4. The monoisotopic (exact) mass is 978 g/mol. The van der Waals surface area contributed by atoms with Crippen LogP contribution in [0.2, 0.25) is 10.0 Å². The second-order valence-electron chi connectivity index (χ2n) is 19.5. The van der Waals surface area contributed by atoms with Crippen molar-refractivity contribution in [2.24, 2.45) is 22.7 Å². The van der Waals surface area contributed by atoms with E-state index in [1.165, 1.54) is 121 Å². The number of anilines is 6. The molecule has 2 spiro atoms. The molecule has 2 aliphatic heterocycles. The molecule has 6 aromatic rings. The first kappa shape index (κ1) is 48.2. The smallest absolute Gasteiger partial charge is 0.248 e. The van der Waals surface area contributed by atoms with Gasteiger partial charge in [0.05, 0.1) is 45.7 Å². The quantitative estimate of drug-likeness (QED) is 0.0681. The first-order valence-corrected chi connectivity index (χ1v) is 24.3. The Labute approximate surface area is 411 Å². The number of nitrogens with one attached hydrogen (secondary N) is 3. The van der Waals surface area contributed by atoms with Gasteiger partial charge in [-0.05, 0) is 176 Å². The number of nitrogens with zero attached hydrogens (tertiary/aromatic N) is 6. The molecule has 362 valence electrons. The number of amides is 1. The summed E-state index contributed by atoms with van der Waals surface area (Å²) in [5.41, 5.74) is 11.0. The maximum absolute atomic E-state index is 13.6. The zero-order chi connectivity index (χ0) is 48.3.